The molecule has 0 unspecified atom stereocenters. The maximum absolute atomic E-state index is 13.6. The molecule has 2 aromatic rings. The largest absolute Gasteiger partial charge is 0.363 e. The minimum atomic E-state index is -0.384. The summed E-state index contributed by atoms with van der Waals surface area (Å²) in [6, 6.07) is 15.0. The molecule has 0 aliphatic rings. The number of benzene rings is 2. The molecule has 1 N–H and O–H groups in total. The molecule has 0 aromatic heterocycles. The highest BCUT2D eigenvalue weighted by Crippen LogP contribution is 2.17. The maximum atomic E-state index is 13.6. The van der Waals surface area contributed by atoms with Crippen molar-refractivity contribution >= 4 is 17.3 Å². The molecule has 0 saturated heterocycles. The highest BCUT2D eigenvalue weighted by atomic mass is 19.1. The number of carbonyl (C=O) groups excluding carboxylic acids is 1. The Morgan fingerprint density at radius 2 is 1.90 bits per heavy atom. The Kier molecular flexibility index (Phi) is 4.52. The second-order valence-electron chi connectivity index (χ2n) is 4.51. The second kappa shape index (κ2) is 6.53. The summed E-state index contributed by atoms with van der Waals surface area (Å²) in [5, 5.41) is 11.6. The normalized spacial score (nSPS) is 9.76. The number of likely N-dealkylation sites (N-methyl/N-ethyl adjacent to an activating group) is 1. The minimum Gasteiger partial charge on any atom is -0.363 e. The smallest absolute Gasteiger partial charge is 0.243 e. The van der Waals surface area contributed by atoms with Gasteiger partial charge < -0.3 is 10.2 Å². The summed E-state index contributed by atoms with van der Waals surface area (Å²) in [5.41, 5.74) is 1.19. The molecule has 21 heavy (non-hydrogen) atoms. The van der Waals surface area contributed by atoms with Gasteiger partial charge in [0.15, 0.2) is 0 Å². The number of nitriles is 1. The molecule has 0 radical (unpaired) electrons. The van der Waals surface area contributed by atoms with Crippen LogP contribution in [-0.2, 0) is 4.79 Å². The standard InChI is InChI=1S/C16H14FN3O/c1-20(15-9-5-3-7-13(15)17)11-16(21)19-14-8-4-2-6-12(14)10-18/h2-9H,11H2,1H3,(H,19,21). The molecule has 2 rings (SSSR count). The van der Waals surface area contributed by atoms with Gasteiger partial charge in [-0.05, 0) is 24.3 Å². The minimum absolute atomic E-state index is 0.0132. The van der Waals surface area contributed by atoms with Gasteiger partial charge >= 0.3 is 0 Å². The van der Waals surface area contributed by atoms with Crippen molar-refractivity contribution in [1.29, 1.82) is 5.26 Å². The van der Waals surface area contributed by atoms with Crippen LogP contribution in [0.5, 0.6) is 0 Å². The van der Waals surface area contributed by atoms with Crippen molar-refractivity contribution in [2.24, 2.45) is 0 Å². The summed E-state index contributed by atoms with van der Waals surface area (Å²) < 4.78 is 13.6. The van der Waals surface area contributed by atoms with E-state index in [0.717, 1.165) is 0 Å². The van der Waals surface area contributed by atoms with E-state index >= 15 is 0 Å². The zero-order valence-corrected chi connectivity index (χ0v) is 11.5. The van der Waals surface area contributed by atoms with Crippen LogP contribution in [0, 0.1) is 17.1 Å². The number of amides is 1. The number of halogens is 1. The number of anilines is 2. The first-order chi connectivity index (χ1) is 10.1. The molecule has 0 aliphatic heterocycles. The van der Waals surface area contributed by atoms with Crippen LogP contribution in [0.2, 0.25) is 0 Å². The molecular weight excluding hydrogens is 269 g/mol. The first kappa shape index (κ1) is 14.5. The lowest BCUT2D eigenvalue weighted by Gasteiger charge is -2.19. The first-order valence-corrected chi connectivity index (χ1v) is 6.36. The van der Waals surface area contributed by atoms with Crippen molar-refractivity contribution in [3.05, 3.63) is 59.9 Å². The van der Waals surface area contributed by atoms with Crippen molar-refractivity contribution in [1.82, 2.24) is 0 Å². The third-order valence-corrected chi connectivity index (χ3v) is 2.97. The van der Waals surface area contributed by atoms with E-state index in [4.69, 9.17) is 5.26 Å². The quantitative estimate of drug-likeness (QED) is 0.938. The van der Waals surface area contributed by atoms with Crippen LogP contribution < -0.4 is 10.2 Å². The van der Waals surface area contributed by atoms with E-state index in [2.05, 4.69) is 5.32 Å². The predicted octanol–water partition coefficient (Wildman–Crippen LogP) is 2.77. The number of carbonyl (C=O) groups is 1. The Hall–Kier alpha value is -2.87. The second-order valence-corrected chi connectivity index (χ2v) is 4.51. The number of hydrogen-bond acceptors (Lipinski definition) is 3. The van der Waals surface area contributed by atoms with Gasteiger partial charge in [-0.2, -0.15) is 5.26 Å². The molecule has 0 heterocycles. The van der Waals surface area contributed by atoms with Gasteiger partial charge in [-0.3, -0.25) is 4.79 Å². The SMILES string of the molecule is CN(CC(=O)Nc1ccccc1C#N)c1ccccc1F. The third-order valence-electron chi connectivity index (χ3n) is 2.97. The van der Waals surface area contributed by atoms with Crippen molar-refractivity contribution in [3.8, 4) is 6.07 Å². The van der Waals surface area contributed by atoms with Crippen LogP contribution in [0.4, 0.5) is 15.8 Å². The average molecular weight is 283 g/mol. The molecule has 0 atom stereocenters. The molecule has 0 aliphatic carbocycles. The molecule has 1 amide bonds. The highest BCUT2D eigenvalue weighted by molar-refractivity contribution is 5.95. The topological polar surface area (TPSA) is 56.1 Å². The highest BCUT2D eigenvalue weighted by Gasteiger charge is 2.12. The molecular formula is C16H14FN3O. The van der Waals surface area contributed by atoms with Gasteiger partial charge in [0, 0.05) is 7.05 Å². The van der Waals surface area contributed by atoms with Crippen LogP contribution in [-0.4, -0.2) is 19.5 Å². The van der Waals surface area contributed by atoms with E-state index in [1.165, 1.54) is 11.0 Å². The van der Waals surface area contributed by atoms with E-state index in [1.807, 2.05) is 6.07 Å². The Labute approximate surface area is 122 Å². The lowest BCUT2D eigenvalue weighted by molar-refractivity contribution is -0.114. The van der Waals surface area contributed by atoms with Gasteiger partial charge in [0.2, 0.25) is 5.91 Å². The van der Waals surface area contributed by atoms with Gasteiger partial charge in [-0.15, -0.1) is 0 Å². The van der Waals surface area contributed by atoms with Crippen LogP contribution >= 0.6 is 0 Å². The zero-order valence-electron chi connectivity index (χ0n) is 11.5. The van der Waals surface area contributed by atoms with Gasteiger partial charge in [0.05, 0.1) is 23.5 Å². The van der Waals surface area contributed by atoms with Gasteiger partial charge in [-0.1, -0.05) is 24.3 Å². The fraction of sp³-hybridized carbons (Fsp3) is 0.125. The van der Waals surface area contributed by atoms with Crippen molar-refractivity contribution in [2.45, 2.75) is 0 Å². The van der Waals surface area contributed by atoms with Crippen molar-refractivity contribution in [3.63, 3.8) is 0 Å². The summed E-state index contributed by atoms with van der Waals surface area (Å²) in [7, 11) is 1.63. The lowest BCUT2D eigenvalue weighted by Crippen LogP contribution is -2.30. The van der Waals surface area contributed by atoms with Crippen LogP contribution in [0.15, 0.2) is 48.5 Å². The van der Waals surface area contributed by atoms with Gasteiger partial charge in [-0.25, -0.2) is 4.39 Å². The van der Waals surface area contributed by atoms with Crippen LogP contribution in [0.3, 0.4) is 0 Å². The molecule has 5 heteroatoms. The fourth-order valence-corrected chi connectivity index (χ4v) is 1.94. The summed E-state index contributed by atoms with van der Waals surface area (Å²) >= 11 is 0. The van der Waals surface area contributed by atoms with Gasteiger partial charge in [0.1, 0.15) is 11.9 Å². The van der Waals surface area contributed by atoms with E-state index in [9.17, 15) is 9.18 Å². The molecule has 2 aromatic carbocycles. The van der Waals surface area contributed by atoms with E-state index < -0.39 is 0 Å². The van der Waals surface area contributed by atoms with Crippen molar-refractivity contribution < 1.29 is 9.18 Å². The Morgan fingerprint density at radius 3 is 2.62 bits per heavy atom. The predicted molar refractivity (Wildman–Crippen MR) is 79.5 cm³/mol. The number of hydrogen-bond donors (Lipinski definition) is 1. The molecule has 4 nitrogen and oxygen atoms in total. The Bertz CT molecular complexity index is 694. The van der Waals surface area contributed by atoms with Crippen LogP contribution in [0.1, 0.15) is 5.56 Å². The van der Waals surface area contributed by atoms with Gasteiger partial charge in [0.25, 0.3) is 0 Å². The molecule has 0 spiro atoms. The fourth-order valence-electron chi connectivity index (χ4n) is 1.94. The third kappa shape index (κ3) is 3.57. The van der Waals surface area contributed by atoms with Crippen LogP contribution in [0.25, 0.3) is 0 Å². The molecule has 0 fully saturated rings. The molecule has 106 valence electrons. The monoisotopic (exact) mass is 283 g/mol. The summed E-state index contributed by atoms with van der Waals surface area (Å²) in [6.07, 6.45) is 0. The molecule has 0 saturated carbocycles. The first-order valence-electron chi connectivity index (χ1n) is 6.36. The lowest BCUT2D eigenvalue weighted by atomic mass is 10.2. The van der Waals surface area contributed by atoms with Crippen molar-refractivity contribution in [2.75, 3.05) is 23.8 Å². The van der Waals surface area contributed by atoms with E-state index in [-0.39, 0.29) is 18.3 Å². The van der Waals surface area contributed by atoms with E-state index in [1.54, 1.807) is 49.5 Å². The maximum Gasteiger partial charge on any atom is 0.243 e. The summed E-state index contributed by atoms with van der Waals surface area (Å²) in [4.78, 5) is 13.5. The number of para-hydroxylation sites is 2. The molecule has 0 bridgehead atoms. The number of nitrogens with one attached hydrogen (secondary N) is 1. The number of rotatable bonds is 4. The summed E-state index contributed by atoms with van der Waals surface area (Å²) in [5.74, 6) is -0.700. The van der Waals surface area contributed by atoms with E-state index in [0.29, 0.717) is 16.9 Å². The zero-order chi connectivity index (χ0) is 15.2. The Balaban J connectivity index is 2.06. The average Bonchev–Trinajstić information content (AvgIpc) is 2.48. The summed E-state index contributed by atoms with van der Waals surface area (Å²) in [6.45, 7) is -0.0132. The number of nitrogens with zero attached hydrogens (tertiary/aromatic N) is 2. The Morgan fingerprint density at radius 1 is 1.24 bits per heavy atom.